The standard InChI is InChI=1S/C21H27N3O4/c1-4-6-7-13-28-18-11-10-16(14-19(18)27-5-2)15-22-23-20(25)17-9-8-12-24(3)21(17)26/h8-12,14-15H,4-7,13H2,1-3H3,(H,23,25)/b22-15-. The quantitative estimate of drug-likeness (QED) is 0.387. The second-order valence-corrected chi connectivity index (χ2v) is 6.23. The molecule has 0 aliphatic carbocycles. The number of nitrogens with one attached hydrogen (secondary N) is 1. The lowest BCUT2D eigenvalue weighted by molar-refractivity contribution is 0.0953. The average molecular weight is 385 g/mol. The monoisotopic (exact) mass is 385 g/mol. The van der Waals surface area contributed by atoms with Crippen molar-refractivity contribution in [2.24, 2.45) is 12.1 Å². The second-order valence-electron chi connectivity index (χ2n) is 6.23. The van der Waals surface area contributed by atoms with Crippen molar-refractivity contribution < 1.29 is 14.3 Å². The number of carbonyl (C=O) groups is 1. The molecule has 0 atom stereocenters. The Bertz CT molecular complexity index is 874. The molecule has 0 bridgehead atoms. The summed E-state index contributed by atoms with van der Waals surface area (Å²) in [6.45, 7) is 5.21. The van der Waals surface area contributed by atoms with Crippen LogP contribution in [-0.2, 0) is 7.05 Å². The SMILES string of the molecule is CCCCCOc1ccc(/C=N\NC(=O)c2cccn(C)c2=O)cc1OCC. The van der Waals surface area contributed by atoms with E-state index in [1.165, 1.54) is 16.8 Å². The normalized spacial score (nSPS) is 10.8. The molecule has 150 valence electrons. The number of unbranched alkanes of at least 4 members (excludes halogenated alkanes) is 2. The molecule has 1 heterocycles. The molecular weight excluding hydrogens is 358 g/mol. The Labute approximate surface area is 165 Å². The van der Waals surface area contributed by atoms with Gasteiger partial charge in [0.1, 0.15) is 5.56 Å². The Kier molecular flexibility index (Phi) is 8.27. The van der Waals surface area contributed by atoms with Crippen LogP contribution in [0.5, 0.6) is 11.5 Å². The Morgan fingerprint density at radius 2 is 2.00 bits per heavy atom. The topological polar surface area (TPSA) is 81.9 Å². The first-order valence-electron chi connectivity index (χ1n) is 9.45. The lowest BCUT2D eigenvalue weighted by Crippen LogP contribution is -2.29. The molecule has 28 heavy (non-hydrogen) atoms. The molecule has 7 nitrogen and oxygen atoms in total. The summed E-state index contributed by atoms with van der Waals surface area (Å²) in [5.41, 5.74) is 2.78. The molecule has 1 aromatic carbocycles. The van der Waals surface area contributed by atoms with Crippen LogP contribution in [0.3, 0.4) is 0 Å². The molecule has 0 fully saturated rings. The predicted molar refractivity (Wildman–Crippen MR) is 109 cm³/mol. The number of nitrogens with zero attached hydrogens (tertiary/aromatic N) is 2. The predicted octanol–water partition coefficient (Wildman–Crippen LogP) is 3.12. The average Bonchev–Trinajstić information content (AvgIpc) is 2.69. The van der Waals surface area contributed by atoms with E-state index in [2.05, 4.69) is 17.5 Å². The molecule has 2 rings (SSSR count). The number of rotatable bonds is 10. The Morgan fingerprint density at radius 1 is 1.18 bits per heavy atom. The molecule has 0 saturated heterocycles. The first-order chi connectivity index (χ1) is 13.6. The number of hydrogen-bond acceptors (Lipinski definition) is 5. The molecule has 7 heteroatoms. The van der Waals surface area contributed by atoms with Gasteiger partial charge in [-0.1, -0.05) is 19.8 Å². The highest BCUT2D eigenvalue weighted by molar-refractivity contribution is 5.94. The van der Waals surface area contributed by atoms with Crippen LogP contribution in [0.1, 0.15) is 49.0 Å². The molecular formula is C21H27N3O4. The van der Waals surface area contributed by atoms with Crippen LogP contribution in [-0.4, -0.2) is 29.9 Å². The molecule has 0 radical (unpaired) electrons. The summed E-state index contributed by atoms with van der Waals surface area (Å²) >= 11 is 0. The van der Waals surface area contributed by atoms with E-state index >= 15 is 0 Å². The van der Waals surface area contributed by atoms with E-state index in [4.69, 9.17) is 9.47 Å². The van der Waals surface area contributed by atoms with Crippen LogP contribution in [0.2, 0.25) is 0 Å². The van der Waals surface area contributed by atoms with Crippen LogP contribution in [0, 0.1) is 0 Å². The van der Waals surface area contributed by atoms with Crippen LogP contribution in [0.25, 0.3) is 0 Å². The van der Waals surface area contributed by atoms with Gasteiger partial charge in [-0.25, -0.2) is 5.43 Å². The number of pyridine rings is 1. The molecule has 0 aliphatic heterocycles. The van der Waals surface area contributed by atoms with E-state index in [0.717, 1.165) is 24.8 Å². The molecule has 1 amide bonds. The van der Waals surface area contributed by atoms with E-state index in [0.29, 0.717) is 24.7 Å². The Hall–Kier alpha value is -3.09. The lowest BCUT2D eigenvalue weighted by atomic mass is 10.2. The van der Waals surface area contributed by atoms with Crippen molar-refractivity contribution in [3.8, 4) is 11.5 Å². The van der Waals surface area contributed by atoms with Crippen molar-refractivity contribution in [3.63, 3.8) is 0 Å². The van der Waals surface area contributed by atoms with Crippen LogP contribution < -0.4 is 20.5 Å². The van der Waals surface area contributed by atoms with Gasteiger partial charge in [0, 0.05) is 13.2 Å². The van der Waals surface area contributed by atoms with Gasteiger partial charge in [0.05, 0.1) is 19.4 Å². The summed E-state index contributed by atoms with van der Waals surface area (Å²) in [5, 5.41) is 3.94. The third kappa shape index (κ3) is 5.97. The van der Waals surface area contributed by atoms with Gasteiger partial charge in [-0.2, -0.15) is 5.10 Å². The van der Waals surface area contributed by atoms with Gasteiger partial charge in [0.15, 0.2) is 11.5 Å². The third-order valence-electron chi connectivity index (χ3n) is 4.02. The minimum atomic E-state index is -0.557. The molecule has 0 aliphatic rings. The maximum atomic E-state index is 12.1. The van der Waals surface area contributed by atoms with E-state index in [9.17, 15) is 9.59 Å². The fraction of sp³-hybridized carbons (Fsp3) is 0.381. The number of amides is 1. The lowest BCUT2D eigenvalue weighted by Gasteiger charge is -2.12. The zero-order valence-electron chi connectivity index (χ0n) is 16.6. The number of hydrogen-bond donors (Lipinski definition) is 1. The van der Waals surface area contributed by atoms with Crippen molar-refractivity contribution in [2.75, 3.05) is 13.2 Å². The summed E-state index contributed by atoms with van der Waals surface area (Å²) in [7, 11) is 1.59. The molecule has 2 aromatic rings. The zero-order chi connectivity index (χ0) is 20.4. The largest absolute Gasteiger partial charge is 0.490 e. The number of carbonyl (C=O) groups excluding carboxylic acids is 1. The fourth-order valence-corrected chi connectivity index (χ4v) is 2.52. The van der Waals surface area contributed by atoms with Crippen LogP contribution in [0.15, 0.2) is 46.4 Å². The highest BCUT2D eigenvalue weighted by Crippen LogP contribution is 2.28. The molecule has 0 spiro atoms. The van der Waals surface area contributed by atoms with Crippen molar-refractivity contribution in [3.05, 3.63) is 58.0 Å². The number of benzene rings is 1. The van der Waals surface area contributed by atoms with Crippen molar-refractivity contribution in [2.45, 2.75) is 33.1 Å². The van der Waals surface area contributed by atoms with Gasteiger partial charge in [0.25, 0.3) is 11.5 Å². The van der Waals surface area contributed by atoms with Crippen molar-refractivity contribution >= 4 is 12.1 Å². The van der Waals surface area contributed by atoms with E-state index in [1.807, 2.05) is 19.1 Å². The highest BCUT2D eigenvalue weighted by Gasteiger charge is 2.10. The minimum absolute atomic E-state index is 0.0352. The zero-order valence-corrected chi connectivity index (χ0v) is 16.6. The maximum absolute atomic E-state index is 12.1. The first kappa shape index (κ1) is 21.2. The second kappa shape index (κ2) is 10.9. The van der Waals surface area contributed by atoms with E-state index in [-0.39, 0.29) is 11.1 Å². The molecule has 0 unspecified atom stereocenters. The summed E-state index contributed by atoms with van der Waals surface area (Å²) in [6.07, 6.45) is 6.34. The summed E-state index contributed by atoms with van der Waals surface area (Å²) in [4.78, 5) is 24.1. The van der Waals surface area contributed by atoms with E-state index in [1.54, 1.807) is 25.4 Å². The highest BCUT2D eigenvalue weighted by atomic mass is 16.5. The van der Waals surface area contributed by atoms with Gasteiger partial charge in [-0.15, -0.1) is 0 Å². The minimum Gasteiger partial charge on any atom is -0.490 e. The van der Waals surface area contributed by atoms with Gasteiger partial charge in [-0.05, 0) is 49.2 Å². The molecule has 1 aromatic heterocycles. The number of ether oxygens (including phenoxy) is 2. The Morgan fingerprint density at radius 3 is 2.75 bits per heavy atom. The van der Waals surface area contributed by atoms with Crippen molar-refractivity contribution in [1.29, 1.82) is 0 Å². The van der Waals surface area contributed by atoms with Crippen molar-refractivity contribution in [1.82, 2.24) is 9.99 Å². The summed E-state index contributed by atoms with van der Waals surface area (Å²) in [5.74, 6) is 0.761. The third-order valence-corrected chi connectivity index (χ3v) is 4.02. The number of aryl methyl sites for hydroxylation is 1. The Balaban J connectivity index is 2.04. The van der Waals surface area contributed by atoms with Crippen LogP contribution in [0.4, 0.5) is 0 Å². The molecule has 1 N–H and O–H groups in total. The van der Waals surface area contributed by atoms with Gasteiger partial charge in [0.2, 0.25) is 0 Å². The maximum Gasteiger partial charge on any atom is 0.276 e. The first-order valence-corrected chi connectivity index (χ1v) is 9.45. The van der Waals surface area contributed by atoms with Gasteiger partial charge < -0.3 is 14.0 Å². The smallest absolute Gasteiger partial charge is 0.276 e. The van der Waals surface area contributed by atoms with E-state index < -0.39 is 5.91 Å². The number of aromatic nitrogens is 1. The van der Waals surface area contributed by atoms with Crippen LogP contribution >= 0.6 is 0 Å². The summed E-state index contributed by atoms with van der Waals surface area (Å²) in [6, 6.07) is 8.55. The molecule has 0 saturated carbocycles. The number of hydrazone groups is 1. The fourth-order valence-electron chi connectivity index (χ4n) is 2.52. The summed E-state index contributed by atoms with van der Waals surface area (Å²) < 4.78 is 12.8. The van der Waals surface area contributed by atoms with Gasteiger partial charge >= 0.3 is 0 Å². The van der Waals surface area contributed by atoms with Gasteiger partial charge in [-0.3, -0.25) is 9.59 Å².